The van der Waals surface area contributed by atoms with Crippen molar-refractivity contribution in [1.82, 2.24) is 0 Å². The molecule has 0 bridgehead atoms. The lowest BCUT2D eigenvalue weighted by molar-refractivity contribution is -0.143. The van der Waals surface area contributed by atoms with Gasteiger partial charge in [0, 0.05) is 17.1 Å². The summed E-state index contributed by atoms with van der Waals surface area (Å²) in [6.45, 7) is 1.90. The summed E-state index contributed by atoms with van der Waals surface area (Å²) in [5.74, 6) is -1.84. The fourth-order valence-electron chi connectivity index (χ4n) is 1.63. The standard InChI is InChI=1S/C13H16ClNO3/c1-2-3-9(13(17)18)8-12(16)15-11-6-4-10(14)5-7-11/h4-7,9H,2-3,8H2,1H3,(H,15,16)(H,17,18). The summed E-state index contributed by atoms with van der Waals surface area (Å²) in [5.41, 5.74) is 0.616. The number of amides is 1. The number of nitrogens with one attached hydrogen (secondary N) is 1. The lowest BCUT2D eigenvalue weighted by atomic mass is 10.00. The van der Waals surface area contributed by atoms with Crippen LogP contribution in [0.4, 0.5) is 5.69 Å². The fourth-order valence-corrected chi connectivity index (χ4v) is 1.76. The zero-order chi connectivity index (χ0) is 13.5. The number of benzene rings is 1. The minimum atomic E-state index is -0.928. The fraction of sp³-hybridized carbons (Fsp3) is 0.385. The zero-order valence-corrected chi connectivity index (χ0v) is 10.9. The highest BCUT2D eigenvalue weighted by atomic mass is 35.5. The van der Waals surface area contributed by atoms with Crippen LogP contribution < -0.4 is 5.32 Å². The van der Waals surface area contributed by atoms with Gasteiger partial charge in [-0.05, 0) is 30.7 Å². The van der Waals surface area contributed by atoms with Crippen LogP contribution >= 0.6 is 11.6 Å². The molecule has 2 N–H and O–H groups in total. The van der Waals surface area contributed by atoms with Gasteiger partial charge in [0.25, 0.3) is 0 Å². The van der Waals surface area contributed by atoms with E-state index in [-0.39, 0.29) is 12.3 Å². The maximum atomic E-state index is 11.7. The van der Waals surface area contributed by atoms with Gasteiger partial charge in [-0.25, -0.2) is 0 Å². The van der Waals surface area contributed by atoms with Crippen molar-refractivity contribution in [3.8, 4) is 0 Å². The Labute approximate surface area is 111 Å². The number of hydrogen-bond acceptors (Lipinski definition) is 2. The SMILES string of the molecule is CCCC(CC(=O)Nc1ccc(Cl)cc1)C(=O)O. The Hall–Kier alpha value is -1.55. The summed E-state index contributed by atoms with van der Waals surface area (Å²) in [5, 5.41) is 12.2. The molecule has 0 radical (unpaired) electrons. The highest BCUT2D eigenvalue weighted by molar-refractivity contribution is 6.30. The van der Waals surface area contributed by atoms with Crippen LogP contribution in [-0.4, -0.2) is 17.0 Å². The summed E-state index contributed by atoms with van der Waals surface area (Å²) in [4.78, 5) is 22.6. The molecule has 1 atom stereocenters. The number of aliphatic carboxylic acids is 1. The summed E-state index contributed by atoms with van der Waals surface area (Å²) in [7, 11) is 0. The van der Waals surface area contributed by atoms with E-state index in [9.17, 15) is 9.59 Å². The lowest BCUT2D eigenvalue weighted by Gasteiger charge is -2.11. The molecule has 1 rings (SSSR count). The molecule has 1 unspecified atom stereocenters. The first kappa shape index (κ1) is 14.5. The first-order valence-electron chi connectivity index (χ1n) is 5.81. The van der Waals surface area contributed by atoms with E-state index in [1.807, 2.05) is 6.92 Å². The van der Waals surface area contributed by atoms with E-state index in [0.29, 0.717) is 17.1 Å². The number of carboxylic acid groups (broad SMARTS) is 1. The van der Waals surface area contributed by atoms with Crippen LogP contribution in [-0.2, 0) is 9.59 Å². The summed E-state index contributed by atoms with van der Waals surface area (Å²) in [6.07, 6.45) is 1.24. The molecule has 0 saturated carbocycles. The predicted octanol–water partition coefficient (Wildman–Crippen LogP) is 3.17. The van der Waals surface area contributed by atoms with Crippen LogP contribution in [0.3, 0.4) is 0 Å². The average Bonchev–Trinajstić information content (AvgIpc) is 2.31. The van der Waals surface area contributed by atoms with Gasteiger partial charge in [-0.3, -0.25) is 9.59 Å². The van der Waals surface area contributed by atoms with Gasteiger partial charge in [-0.15, -0.1) is 0 Å². The minimum absolute atomic E-state index is 0.00814. The molecule has 1 amide bonds. The molecule has 0 heterocycles. The van der Waals surface area contributed by atoms with E-state index in [1.54, 1.807) is 24.3 Å². The van der Waals surface area contributed by atoms with Crippen molar-refractivity contribution >= 4 is 29.2 Å². The van der Waals surface area contributed by atoms with Crippen LogP contribution in [0.25, 0.3) is 0 Å². The largest absolute Gasteiger partial charge is 0.481 e. The van der Waals surface area contributed by atoms with Gasteiger partial charge in [0.2, 0.25) is 5.91 Å². The Morgan fingerprint density at radius 3 is 2.44 bits per heavy atom. The Balaban J connectivity index is 2.54. The summed E-state index contributed by atoms with van der Waals surface area (Å²) in [6, 6.07) is 6.68. The molecular formula is C13H16ClNO3. The van der Waals surface area contributed by atoms with E-state index in [2.05, 4.69) is 5.32 Å². The van der Waals surface area contributed by atoms with Crippen LogP contribution in [0, 0.1) is 5.92 Å². The van der Waals surface area contributed by atoms with Crippen molar-refractivity contribution in [3.05, 3.63) is 29.3 Å². The molecule has 1 aromatic rings. The number of anilines is 1. The van der Waals surface area contributed by atoms with Gasteiger partial charge in [0.15, 0.2) is 0 Å². The van der Waals surface area contributed by atoms with Gasteiger partial charge in [0.1, 0.15) is 0 Å². The third-order valence-corrected chi connectivity index (χ3v) is 2.80. The van der Waals surface area contributed by atoms with Crippen molar-refractivity contribution in [1.29, 1.82) is 0 Å². The molecule has 0 aliphatic rings. The molecule has 4 nitrogen and oxygen atoms in total. The Morgan fingerprint density at radius 2 is 1.94 bits per heavy atom. The highest BCUT2D eigenvalue weighted by Gasteiger charge is 2.20. The zero-order valence-electron chi connectivity index (χ0n) is 10.1. The number of rotatable bonds is 6. The molecule has 5 heteroatoms. The van der Waals surface area contributed by atoms with Crippen molar-refractivity contribution in [3.63, 3.8) is 0 Å². The quantitative estimate of drug-likeness (QED) is 0.834. The monoisotopic (exact) mass is 269 g/mol. The van der Waals surface area contributed by atoms with E-state index in [4.69, 9.17) is 16.7 Å². The minimum Gasteiger partial charge on any atom is -0.481 e. The third-order valence-electron chi connectivity index (χ3n) is 2.55. The molecule has 98 valence electrons. The van der Waals surface area contributed by atoms with E-state index in [1.165, 1.54) is 0 Å². The van der Waals surface area contributed by atoms with Gasteiger partial charge in [0.05, 0.1) is 5.92 Å². The maximum Gasteiger partial charge on any atom is 0.307 e. The van der Waals surface area contributed by atoms with E-state index >= 15 is 0 Å². The predicted molar refractivity (Wildman–Crippen MR) is 70.7 cm³/mol. The van der Waals surface area contributed by atoms with Crippen LogP contribution in [0.1, 0.15) is 26.2 Å². The van der Waals surface area contributed by atoms with Gasteiger partial charge >= 0.3 is 5.97 Å². The molecule has 0 aromatic heterocycles. The molecule has 0 aliphatic carbocycles. The van der Waals surface area contributed by atoms with Crippen molar-refractivity contribution in [2.75, 3.05) is 5.32 Å². The molecule has 0 aliphatic heterocycles. The maximum absolute atomic E-state index is 11.7. The summed E-state index contributed by atoms with van der Waals surface area (Å²) < 4.78 is 0. The Kier molecular flexibility index (Phi) is 5.65. The second-order valence-corrected chi connectivity index (χ2v) is 4.52. The summed E-state index contributed by atoms with van der Waals surface area (Å²) >= 11 is 5.72. The molecule has 0 fully saturated rings. The molecular weight excluding hydrogens is 254 g/mol. The second kappa shape index (κ2) is 7.01. The number of halogens is 1. The van der Waals surface area contributed by atoms with Crippen LogP contribution in [0.5, 0.6) is 0 Å². The van der Waals surface area contributed by atoms with Crippen molar-refractivity contribution in [2.24, 2.45) is 5.92 Å². The third kappa shape index (κ3) is 4.75. The number of carboxylic acids is 1. The first-order valence-corrected chi connectivity index (χ1v) is 6.19. The van der Waals surface area contributed by atoms with Gasteiger partial charge in [-0.1, -0.05) is 24.9 Å². The van der Waals surface area contributed by atoms with Crippen LogP contribution in [0.2, 0.25) is 5.02 Å². The Bertz CT molecular complexity index is 417. The molecule has 18 heavy (non-hydrogen) atoms. The topological polar surface area (TPSA) is 66.4 Å². The molecule has 0 saturated heterocycles. The van der Waals surface area contributed by atoms with E-state index < -0.39 is 11.9 Å². The Morgan fingerprint density at radius 1 is 1.33 bits per heavy atom. The lowest BCUT2D eigenvalue weighted by Crippen LogP contribution is -2.22. The molecule has 1 aromatic carbocycles. The number of carbonyl (C=O) groups excluding carboxylic acids is 1. The van der Waals surface area contributed by atoms with E-state index in [0.717, 1.165) is 6.42 Å². The smallest absolute Gasteiger partial charge is 0.307 e. The van der Waals surface area contributed by atoms with Gasteiger partial charge < -0.3 is 10.4 Å². The van der Waals surface area contributed by atoms with Crippen molar-refractivity contribution in [2.45, 2.75) is 26.2 Å². The normalized spacial score (nSPS) is 11.9. The highest BCUT2D eigenvalue weighted by Crippen LogP contribution is 2.16. The second-order valence-electron chi connectivity index (χ2n) is 4.08. The number of carbonyl (C=O) groups is 2. The van der Waals surface area contributed by atoms with Crippen molar-refractivity contribution < 1.29 is 14.7 Å². The van der Waals surface area contributed by atoms with Crippen LogP contribution in [0.15, 0.2) is 24.3 Å². The molecule has 0 spiro atoms. The number of hydrogen-bond donors (Lipinski definition) is 2. The first-order chi connectivity index (χ1) is 8.52. The average molecular weight is 270 g/mol. The van der Waals surface area contributed by atoms with Gasteiger partial charge in [-0.2, -0.15) is 0 Å².